The predicted molar refractivity (Wildman–Crippen MR) is 95.3 cm³/mol. The van der Waals surface area contributed by atoms with Gasteiger partial charge in [-0.15, -0.1) is 6.58 Å². The summed E-state index contributed by atoms with van der Waals surface area (Å²) in [5.41, 5.74) is 0.689. The number of benzene rings is 1. The summed E-state index contributed by atoms with van der Waals surface area (Å²) < 4.78 is 6.63. The molecule has 1 aliphatic heterocycles. The van der Waals surface area contributed by atoms with Gasteiger partial charge in [0.05, 0.1) is 0 Å². The maximum absolute atomic E-state index is 12.3. The third kappa shape index (κ3) is 3.46. The van der Waals surface area contributed by atoms with Gasteiger partial charge >= 0.3 is 6.03 Å². The molecule has 4 amide bonds. The normalized spacial score (nSPS) is 16.3. The number of amides is 4. The molecular formula is C18H13BrN2O4. The lowest BCUT2D eigenvalue weighted by molar-refractivity contribution is -0.129. The number of rotatable bonds is 4. The summed E-state index contributed by atoms with van der Waals surface area (Å²) in [7, 11) is 0. The molecule has 0 aliphatic carbocycles. The minimum atomic E-state index is -0.762. The van der Waals surface area contributed by atoms with Crippen LogP contribution in [0.5, 0.6) is 0 Å². The number of carbonyl (C=O) groups is 3. The van der Waals surface area contributed by atoms with Crippen LogP contribution in [0.25, 0.3) is 17.4 Å². The van der Waals surface area contributed by atoms with Crippen molar-refractivity contribution in [1.82, 2.24) is 10.2 Å². The second-order valence-electron chi connectivity index (χ2n) is 5.23. The largest absolute Gasteiger partial charge is 0.457 e. The molecule has 1 aromatic carbocycles. The molecule has 126 valence electrons. The minimum absolute atomic E-state index is 0.0115. The molecule has 0 radical (unpaired) electrons. The van der Waals surface area contributed by atoms with Crippen LogP contribution in [-0.4, -0.2) is 29.3 Å². The first-order valence-electron chi connectivity index (χ1n) is 7.35. The Morgan fingerprint density at radius 1 is 1.12 bits per heavy atom. The fourth-order valence-corrected chi connectivity index (χ4v) is 2.60. The Morgan fingerprint density at radius 2 is 1.84 bits per heavy atom. The maximum atomic E-state index is 12.3. The molecule has 1 N–H and O–H groups in total. The van der Waals surface area contributed by atoms with Crippen molar-refractivity contribution in [2.24, 2.45) is 0 Å². The molecular weight excluding hydrogens is 388 g/mol. The van der Waals surface area contributed by atoms with E-state index in [0.29, 0.717) is 11.5 Å². The first kappa shape index (κ1) is 16.9. The van der Waals surface area contributed by atoms with Crippen molar-refractivity contribution in [3.8, 4) is 11.3 Å². The fraction of sp³-hybridized carbons (Fsp3) is 0.0556. The van der Waals surface area contributed by atoms with E-state index in [1.807, 2.05) is 24.3 Å². The molecule has 1 saturated heterocycles. The molecule has 25 heavy (non-hydrogen) atoms. The van der Waals surface area contributed by atoms with Crippen molar-refractivity contribution in [1.29, 1.82) is 0 Å². The number of hydrogen-bond acceptors (Lipinski definition) is 4. The Kier molecular flexibility index (Phi) is 4.67. The van der Waals surface area contributed by atoms with Gasteiger partial charge in [0.15, 0.2) is 0 Å². The average Bonchev–Trinajstić information content (AvgIpc) is 3.05. The van der Waals surface area contributed by atoms with E-state index in [0.717, 1.165) is 14.9 Å². The zero-order valence-corrected chi connectivity index (χ0v) is 14.6. The molecule has 0 saturated carbocycles. The fourth-order valence-electron chi connectivity index (χ4n) is 2.33. The van der Waals surface area contributed by atoms with Crippen LogP contribution in [0, 0.1) is 0 Å². The lowest BCUT2D eigenvalue weighted by Crippen LogP contribution is -2.54. The Morgan fingerprint density at radius 3 is 2.52 bits per heavy atom. The topological polar surface area (TPSA) is 79.6 Å². The summed E-state index contributed by atoms with van der Waals surface area (Å²) in [6.45, 7) is 3.51. The summed E-state index contributed by atoms with van der Waals surface area (Å²) in [6, 6.07) is 10.2. The van der Waals surface area contributed by atoms with Crippen molar-refractivity contribution < 1.29 is 18.8 Å². The van der Waals surface area contributed by atoms with Crippen molar-refractivity contribution in [2.75, 3.05) is 6.54 Å². The quantitative estimate of drug-likeness (QED) is 0.484. The number of nitrogens with one attached hydrogen (secondary N) is 1. The molecule has 1 aromatic heterocycles. The SMILES string of the molecule is C=CCN1C(=O)NC(=O)C(=Cc2ccc(-c3ccc(Br)cc3)o2)C1=O. The molecule has 1 fully saturated rings. The number of carbonyl (C=O) groups excluding carboxylic acids is 3. The van der Waals surface area contributed by atoms with Gasteiger partial charge < -0.3 is 4.42 Å². The van der Waals surface area contributed by atoms with Gasteiger partial charge in [-0.1, -0.05) is 34.1 Å². The second kappa shape index (κ2) is 6.90. The number of halogens is 1. The maximum Gasteiger partial charge on any atom is 0.331 e. The highest BCUT2D eigenvalue weighted by Gasteiger charge is 2.35. The van der Waals surface area contributed by atoms with Crippen LogP contribution in [0.15, 0.2) is 63.5 Å². The van der Waals surface area contributed by atoms with E-state index >= 15 is 0 Å². The minimum Gasteiger partial charge on any atom is -0.457 e. The van der Waals surface area contributed by atoms with Crippen LogP contribution < -0.4 is 5.32 Å². The predicted octanol–water partition coefficient (Wildman–Crippen LogP) is 3.36. The van der Waals surface area contributed by atoms with E-state index in [-0.39, 0.29) is 12.1 Å². The summed E-state index contributed by atoms with van der Waals surface area (Å²) in [5, 5.41) is 2.12. The van der Waals surface area contributed by atoms with Gasteiger partial charge in [-0.05, 0) is 30.3 Å². The zero-order chi connectivity index (χ0) is 18.0. The molecule has 3 rings (SSSR count). The van der Waals surface area contributed by atoms with Crippen molar-refractivity contribution in [2.45, 2.75) is 0 Å². The molecule has 0 unspecified atom stereocenters. The van der Waals surface area contributed by atoms with Gasteiger partial charge in [-0.2, -0.15) is 0 Å². The number of hydrogen-bond donors (Lipinski definition) is 1. The van der Waals surface area contributed by atoms with Gasteiger partial charge in [0.25, 0.3) is 11.8 Å². The second-order valence-corrected chi connectivity index (χ2v) is 6.15. The van der Waals surface area contributed by atoms with E-state index in [9.17, 15) is 14.4 Å². The van der Waals surface area contributed by atoms with Gasteiger partial charge in [-0.3, -0.25) is 19.8 Å². The van der Waals surface area contributed by atoms with Gasteiger partial charge in [0.1, 0.15) is 17.1 Å². The summed E-state index contributed by atoms with van der Waals surface area (Å²) >= 11 is 3.36. The highest BCUT2D eigenvalue weighted by atomic mass is 79.9. The van der Waals surface area contributed by atoms with Crippen LogP contribution in [0.4, 0.5) is 4.79 Å². The monoisotopic (exact) mass is 400 g/mol. The highest BCUT2D eigenvalue weighted by molar-refractivity contribution is 9.10. The van der Waals surface area contributed by atoms with Crippen LogP contribution in [0.3, 0.4) is 0 Å². The van der Waals surface area contributed by atoms with Gasteiger partial charge in [0, 0.05) is 16.6 Å². The van der Waals surface area contributed by atoms with E-state index < -0.39 is 17.8 Å². The Balaban J connectivity index is 1.90. The van der Waals surface area contributed by atoms with Crippen LogP contribution in [0.2, 0.25) is 0 Å². The van der Waals surface area contributed by atoms with Crippen molar-refractivity contribution in [3.05, 3.63) is 64.9 Å². The average molecular weight is 401 g/mol. The van der Waals surface area contributed by atoms with E-state index in [1.165, 1.54) is 12.2 Å². The molecule has 7 heteroatoms. The molecule has 0 atom stereocenters. The molecule has 0 bridgehead atoms. The zero-order valence-electron chi connectivity index (χ0n) is 13.0. The summed E-state index contributed by atoms with van der Waals surface area (Å²) in [6.07, 6.45) is 2.73. The first-order chi connectivity index (χ1) is 12.0. The highest BCUT2D eigenvalue weighted by Crippen LogP contribution is 2.25. The number of urea groups is 1. The van der Waals surface area contributed by atoms with Crippen LogP contribution in [0.1, 0.15) is 5.76 Å². The Hall–Kier alpha value is -2.93. The van der Waals surface area contributed by atoms with Gasteiger partial charge in [0.2, 0.25) is 0 Å². The number of imide groups is 2. The molecule has 1 aliphatic rings. The summed E-state index contributed by atoms with van der Waals surface area (Å²) in [5.74, 6) is -0.501. The smallest absolute Gasteiger partial charge is 0.331 e. The number of barbiturate groups is 1. The van der Waals surface area contributed by atoms with E-state index in [4.69, 9.17) is 4.42 Å². The van der Waals surface area contributed by atoms with Crippen LogP contribution >= 0.6 is 15.9 Å². The third-order valence-corrected chi connectivity index (χ3v) is 4.07. The lowest BCUT2D eigenvalue weighted by Gasteiger charge is -2.24. The molecule has 6 nitrogen and oxygen atoms in total. The Bertz CT molecular complexity index is 896. The van der Waals surface area contributed by atoms with Crippen molar-refractivity contribution >= 4 is 39.9 Å². The van der Waals surface area contributed by atoms with E-state index in [1.54, 1.807) is 12.1 Å². The van der Waals surface area contributed by atoms with Gasteiger partial charge in [-0.25, -0.2) is 4.79 Å². The van der Waals surface area contributed by atoms with E-state index in [2.05, 4.69) is 27.8 Å². The molecule has 0 spiro atoms. The van der Waals surface area contributed by atoms with Crippen LogP contribution in [-0.2, 0) is 9.59 Å². The van der Waals surface area contributed by atoms with Crippen molar-refractivity contribution in [3.63, 3.8) is 0 Å². The summed E-state index contributed by atoms with van der Waals surface area (Å²) in [4.78, 5) is 36.9. The third-order valence-electron chi connectivity index (χ3n) is 3.54. The molecule has 2 aromatic rings. The Labute approximate surface area is 151 Å². The lowest BCUT2D eigenvalue weighted by atomic mass is 10.1. The standard InChI is InChI=1S/C18H13BrN2O4/c1-2-9-21-17(23)14(16(22)20-18(21)24)10-13-7-8-15(25-13)11-3-5-12(19)6-4-11/h2-8,10H,1,9H2,(H,20,22,24). The number of furan rings is 1. The first-order valence-corrected chi connectivity index (χ1v) is 8.14. The molecule has 2 heterocycles. The number of nitrogens with zero attached hydrogens (tertiary/aromatic N) is 1.